The summed E-state index contributed by atoms with van der Waals surface area (Å²) in [6.07, 6.45) is 0. The zero-order valence-electron chi connectivity index (χ0n) is 9.19. The SMILES string of the molecule is CC.COC(=O)c1cc(Cl)ccc1[N+](=O)[O-]. The van der Waals surface area contributed by atoms with Gasteiger partial charge in [-0.2, -0.15) is 0 Å². The molecule has 88 valence electrons. The molecule has 0 aliphatic carbocycles. The second-order valence-corrected chi connectivity index (χ2v) is 2.85. The van der Waals surface area contributed by atoms with Crippen molar-refractivity contribution < 1.29 is 14.5 Å². The van der Waals surface area contributed by atoms with Crippen molar-refractivity contribution in [3.63, 3.8) is 0 Å². The van der Waals surface area contributed by atoms with Crippen LogP contribution in [0.25, 0.3) is 0 Å². The Kier molecular flexibility index (Phi) is 6.10. The van der Waals surface area contributed by atoms with Crippen LogP contribution in [0.3, 0.4) is 0 Å². The summed E-state index contributed by atoms with van der Waals surface area (Å²) in [5.41, 5.74) is -0.466. The number of nitro groups is 1. The predicted molar refractivity (Wildman–Crippen MR) is 60.8 cm³/mol. The van der Waals surface area contributed by atoms with Crippen LogP contribution in [0.4, 0.5) is 5.69 Å². The number of nitro benzene ring substituents is 1. The molecule has 1 rings (SSSR count). The Morgan fingerprint density at radius 3 is 2.44 bits per heavy atom. The summed E-state index contributed by atoms with van der Waals surface area (Å²) in [4.78, 5) is 20.9. The van der Waals surface area contributed by atoms with E-state index in [0.29, 0.717) is 0 Å². The predicted octanol–water partition coefficient (Wildman–Crippen LogP) is 3.06. The van der Waals surface area contributed by atoms with Crippen molar-refractivity contribution in [1.82, 2.24) is 0 Å². The second kappa shape index (κ2) is 6.79. The number of hydrogen-bond donors (Lipinski definition) is 0. The van der Waals surface area contributed by atoms with Crippen molar-refractivity contribution in [3.8, 4) is 0 Å². The molecule has 0 saturated heterocycles. The highest BCUT2D eigenvalue weighted by atomic mass is 35.5. The van der Waals surface area contributed by atoms with Crippen LogP contribution in [0.5, 0.6) is 0 Å². The molecule has 1 aromatic carbocycles. The van der Waals surface area contributed by atoms with Gasteiger partial charge in [-0.05, 0) is 12.1 Å². The third kappa shape index (κ3) is 3.51. The fourth-order valence-electron chi connectivity index (χ4n) is 0.941. The number of halogens is 1. The highest BCUT2D eigenvalue weighted by Crippen LogP contribution is 2.23. The van der Waals surface area contributed by atoms with Crippen LogP contribution in [0.2, 0.25) is 5.02 Å². The molecule has 0 amide bonds. The minimum atomic E-state index is -0.779. The molecule has 0 heterocycles. The van der Waals surface area contributed by atoms with Crippen LogP contribution < -0.4 is 0 Å². The van der Waals surface area contributed by atoms with E-state index in [2.05, 4.69) is 4.74 Å². The molecule has 1 aromatic rings. The summed E-state index contributed by atoms with van der Waals surface area (Å²) >= 11 is 5.59. The highest BCUT2D eigenvalue weighted by Gasteiger charge is 2.20. The van der Waals surface area contributed by atoms with E-state index in [1.165, 1.54) is 12.1 Å². The van der Waals surface area contributed by atoms with E-state index in [4.69, 9.17) is 11.6 Å². The first-order valence-corrected chi connectivity index (χ1v) is 4.96. The van der Waals surface area contributed by atoms with Crippen LogP contribution in [-0.4, -0.2) is 18.0 Å². The Morgan fingerprint density at radius 2 is 2.00 bits per heavy atom. The summed E-state index contributed by atoms with van der Waals surface area (Å²) in [5.74, 6) is -0.779. The number of rotatable bonds is 2. The lowest BCUT2D eigenvalue weighted by Gasteiger charge is -2.00. The number of ether oxygens (including phenoxy) is 1. The van der Waals surface area contributed by atoms with Gasteiger partial charge < -0.3 is 4.74 Å². The summed E-state index contributed by atoms with van der Waals surface area (Å²) < 4.78 is 4.38. The van der Waals surface area contributed by atoms with Gasteiger partial charge in [0.05, 0.1) is 12.0 Å². The second-order valence-electron chi connectivity index (χ2n) is 2.41. The molecule has 0 bridgehead atoms. The van der Waals surface area contributed by atoms with E-state index >= 15 is 0 Å². The minimum absolute atomic E-state index is 0.148. The first-order valence-electron chi connectivity index (χ1n) is 4.58. The quantitative estimate of drug-likeness (QED) is 0.456. The van der Waals surface area contributed by atoms with Crippen molar-refractivity contribution >= 4 is 23.3 Å². The van der Waals surface area contributed by atoms with E-state index in [1.807, 2.05) is 13.8 Å². The lowest BCUT2D eigenvalue weighted by atomic mass is 10.2. The van der Waals surface area contributed by atoms with Crippen molar-refractivity contribution in [2.45, 2.75) is 13.8 Å². The van der Waals surface area contributed by atoms with Crippen LogP contribution in [-0.2, 0) is 4.74 Å². The summed E-state index contributed by atoms with van der Waals surface area (Å²) in [7, 11) is 1.15. The molecule has 0 spiro atoms. The summed E-state index contributed by atoms with van der Waals surface area (Å²) in [6.45, 7) is 4.00. The first kappa shape index (κ1) is 14.4. The number of methoxy groups -OCH3 is 1. The van der Waals surface area contributed by atoms with Gasteiger partial charge in [0.1, 0.15) is 5.56 Å². The molecule has 0 fully saturated rings. The van der Waals surface area contributed by atoms with Gasteiger partial charge in [0, 0.05) is 11.1 Å². The fraction of sp³-hybridized carbons (Fsp3) is 0.300. The van der Waals surface area contributed by atoms with Gasteiger partial charge in [-0.15, -0.1) is 0 Å². The molecule has 6 heteroatoms. The molecule has 0 saturated carbocycles. The molecule has 0 radical (unpaired) electrons. The average molecular weight is 246 g/mol. The van der Waals surface area contributed by atoms with Gasteiger partial charge in [0.25, 0.3) is 5.69 Å². The lowest BCUT2D eigenvalue weighted by Crippen LogP contribution is -2.05. The zero-order chi connectivity index (χ0) is 12.7. The smallest absolute Gasteiger partial charge is 0.344 e. The molecule has 0 aliphatic rings. The van der Waals surface area contributed by atoms with Gasteiger partial charge in [-0.3, -0.25) is 10.1 Å². The minimum Gasteiger partial charge on any atom is -0.465 e. The van der Waals surface area contributed by atoms with E-state index in [0.717, 1.165) is 13.2 Å². The van der Waals surface area contributed by atoms with E-state index in [1.54, 1.807) is 0 Å². The number of carbonyl (C=O) groups is 1. The molecule has 0 atom stereocenters. The normalized spacial score (nSPS) is 8.75. The molecule has 0 unspecified atom stereocenters. The molecular formula is C10H12ClNO4. The molecular weight excluding hydrogens is 234 g/mol. The van der Waals surface area contributed by atoms with Crippen molar-refractivity contribution in [1.29, 1.82) is 0 Å². The number of benzene rings is 1. The van der Waals surface area contributed by atoms with Crippen LogP contribution in [0.15, 0.2) is 18.2 Å². The first-order chi connectivity index (χ1) is 7.56. The van der Waals surface area contributed by atoms with Gasteiger partial charge in [0.15, 0.2) is 0 Å². The van der Waals surface area contributed by atoms with E-state index in [-0.39, 0.29) is 16.3 Å². The Hall–Kier alpha value is -1.62. The van der Waals surface area contributed by atoms with Crippen molar-refractivity contribution in [3.05, 3.63) is 38.9 Å². The molecule has 0 aromatic heterocycles. The maximum Gasteiger partial charge on any atom is 0.344 e. The number of nitrogens with zero attached hydrogens (tertiary/aromatic N) is 1. The van der Waals surface area contributed by atoms with Gasteiger partial charge in [-0.1, -0.05) is 25.4 Å². The summed E-state index contributed by atoms with van der Waals surface area (Å²) in [5, 5.41) is 10.8. The van der Waals surface area contributed by atoms with Crippen LogP contribution >= 0.6 is 11.6 Å². The highest BCUT2D eigenvalue weighted by molar-refractivity contribution is 6.31. The molecule has 16 heavy (non-hydrogen) atoms. The Morgan fingerprint density at radius 1 is 1.44 bits per heavy atom. The van der Waals surface area contributed by atoms with E-state index in [9.17, 15) is 14.9 Å². The van der Waals surface area contributed by atoms with Gasteiger partial charge in [0.2, 0.25) is 0 Å². The molecule has 0 aliphatic heterocycles. The average Bonchev–Trinajstić information content (AvgIpc) is 2.30. The van der Waals surface area contributed by atoms with Gasteiger partial charge >= 0.3 is 5.97 Å². The zero-order valence-corrected chi connectivity index (χ0v) is 9.95. The molecule has 5 nitrogen and oxygen atoms in total. The Bertz CT molecular complexity index is 392. The number of esters is 1. The standard InChI is InChI=1S/C8H6ClNO4.C2H6/c1-14-8(11)6-4-5(9)2-3-7(6)10(12)13;1-2/h2-4H,1H3;1-2H3. The summed E-state index contributed by atoms with van der Waals surface area (Å²) in [6, 6.07) is 3.70. The lowest BCUT2D eigenvalue weighted by molar-refractivity contribution is -0.385. The monoisotopic (exact) mass is 245 g/mol. The third-order valence-corrected chi connectivity index (χ3v) is 1.80. The van der Waals surface area contributed by atoms with Gasteiger partial charge in [-0.25, -0.2) is 4.79 Å². The maximum absolute atomic E-state index is 11.1. The Balaban J connectivity index is 0.00000106. The van der Waals surface area contributed by atoms with Crippen molar-refractivity contribution in [2.24, 2.45) is 0 Å². The van der Waals surface area contributed by atoms with Crippen LogP contribution in [0, 0.1) is 10.1 Å². The van der Waals surface area contributed by atoms with Crippen molar-refractivity contribution in [2.75, 3.05) is 7.11 Å². The Labute approximate surface area is 98.1 Å². The largest absolute Gasteiger partial charge is 0.465 e. The topological polar surface area (TPSA) is 69.4 Å². The van der Waals surface area contributed by atoms with Crippen LogP contribution in [0.1, 0.15) is 24.2 Å². The fourth-order valence-corrected chi connectivity index (χ4v) is 1.11. The molecule has 0 N–H and O–H groups in total. The number of carbonyl (C=O) groups excluding carboxylic acids is 1. The number of hydrogen-bond acceptors (Lipinski definition) is 4. The maximum atomic E-state index is 11.1. The third-order valence-electron chi connectivity index (χ3n) is 1.56. The van der Waals surface area contributed by atoms with E-state index < -0.39 is 10.9 Å².